The number of thiazole rings is 1. The van der Waals surface area contributed by atoms with Crippen LogP contribution in [0.25, 0.3) is 0 Å². The van der Waals surface area contributed by atoms with Crippen LogP contribution < -0.4 is 15.4 Å². The van der Waals surface area contributed by atoms with Gasteiger partial charge in [-0.05, 0) is 26.0 Å². The minimum Gasteiger partial charge on any atom is -0.434 e. The van der Waals surface area contributed by atoms with Gasteiger partial charge in [0.2, 0.25) is 0 Å². The summed E-state index contributed by atoms with van der Waals surface area (Å²) < 4.78 is 43.2. The number of nitrogens with one attached hydrogen (secondary N) is 2. The van der Waals surface area contributed by atoms with Crippen LogP contribution in [0.1, 0.15) is 22.4 Å². The van der Waals surface area contributed by atoms with Crippen molar-refractivity contribution >= 4 is 41.3 Å². The number of aliphatic imine (C=N–C) groups is 1. The van der Waals surface area contributed by atoms with Crippen LogP contribution >= 0.6 is 35.3 Å². The summed E-state index contributed by atoms with van der Waals surface area (Å²) in [6.45, 7) is 1.75. The predicted octanol–water partition coefficient (Wildman–Crippen LogP) is 4.07. The fraction of sp³-hybridized carbons (Fsp3) is 0.375. The fourth-order valence-electron chi connectivity index (χ4n) is 2.04. The normalized spacial score (nSPS) is 11.2. The van der Waals surface area contributed by atoms with E-state index in [0.717, 1.165) is 9.88 Å². The lowest BCUT2D eigenvalue weighted by atomic mass is 10.2. The highest BCUT2D eigenvalue weighted by Gasteiger charge is 2.13. The zero-order valence-electron chi connectivity index (χ0n) is 14.3. The quantitative estimate of drug-likeness (QED) is 0.342. The third kappa shape index (κ3) is 6.98. The van der Waals surface area contributed by atoms with Crippen LogP contribution in [-0.2, 0) is 13.1 Å². The number of ether oxygens (including phenoxy) is 1. The number of benzene rings is 1. The number of hydrogen-bond donors (Lipinski definition) is 2. The van der Waals surface area contributed by atoms with Crippen LogP contribution in [0.2, 0.25) is 0 Å². The summed E-state index contributed by atoms with van der Waals surface area (Å²) in [6, 6.07) is 3.79. The molecule has 0 aliphatic heterocycles. The molecule has 0 bridgehead atoms. The summed E-state index contributed by atoms with van der Waals surface area (Å²) in [5.74, 6) is -0.431. The van der Waals surface area contributed by atoms with Crippen molar-refractivity contribution in [1.29, 1.82) is 0 Å². The monoisotopic (exact) mass is 500 g/mol. The highest BCUT2D eigenvalue weighted by molar-refractivity contribution is 14.0. The van der Waals surface area contributed by atoms with Gasteiger partial charge in [0.05, 0.1) is 18.7 Å². The fourth-order valence-corrected chi connectivity index (χ4v) is 2.77. The number of guanidine groups is 1. The molecule has 0 fully saturated rings. The van der Waals surface area contributed by atoms with Gasteiger partial charge < -0.3 is 15.4 Å². The molecule has 1 aromatic carbocycles. The Bertz CT molecular complexity index is 727. The summed E-state index contributed by atoms with van der Waals surface area (Å²) >= 11 is 1.55. The molecule has 0 spiro atoms. The van der Waals surface area contributed by atoms with Crippen LogP contribution in [0.15, 0.2) is 29.4 Å². The molecule has 5 nitrogen and oxygen atoms in total. The minimum absolute atomic E-state index is 0. The van der Waals surface area contributed by atoms with Crippen LogP contribution in [0.5, 0.6) is 5.75 Å². The molecule has 1 aromatic heterocycles. The maximum atomic E-state index is 13.9. The van der Waals surface area contributed by atoms with Crippen molar-refractivity contribution in [3.63, 3.8) is 0 Å². The van der Waals surface area contributed by atoms with Crippen LogP contribution in [-0.4, -0.2) is 24.1 Å². The van der Waals surface area contributed by atoms with Crippen molar-refractivity contribution in [2.24, 2.45) is 4.99 Å². The first-order valence-corrected chi connectivity index (χ1v) is 8.47. The molecule has 2 aromatic rings. The van der Waals surface area contributed by atoms with Gasteiger partial charge in [0.1, 0.15) is 16.6 Å². The molecule has 0 radical (unpaired) electrons. The van der Waals surface area contributed by atoms with Gasteiger partial charge in [0.15, 0.2) is 5.96 Å². The summed E-state index contributed by atoms with van der Waals surface area (Å²) in [7, 11) is 0. The van der Waals surface area contributed by atoms with E-state index in [-0.39, 0.29) is 41.8 Å². The Labute approximate surface area is 171 Å². The Morgan fingerprint density at radius 1 is 1.35 bits per heavy atom. The van der Waals surface area contributed by atoms with E-state index < -0.39 is 12.4 Å². The second kappa shape index (κ2) is 11.2. The van der Waals surface area contributed by atoms with E-state index in [0.29, 0.717) is 19.0 Å². The number of aromatic nitrogens is 1. The number of hydrogen-bond acceptors (Lipinski definition) is 4. The van der Waals surface area contributed by atoms with Crippen molar-refractivity contribution in [2.45, 2.75) is 33.5 Å². The molecule has 0 saturated heterocycles. The van der Waals surface area contributed by atoms with Crippen molar-refractivity contribution < 1.29 is 17.9 Å². The van der Waals surface area contributed by atoms with Crippen molar-refractivity contribution in [2.75, 3.05) is 6.54 Å². The smallest absolute Gasteiger partial charge is 0.387 e. The van der Waals surface area contributed by atoms with Gasteiger partial charge in [0, 0.05) is 17.6 Å². The molecule has 0 unspecified atom stereocenters. The molecule has 1 heterocycles. The van der Waals surface area contributed by atoms with E-state index in [2.05, 4.69) is 25.3 Å². The molecule has 2 N–H and O–H groups in total. The van der Waals surface area contributed by atoms with E-state index in [1.807, 2.05) is 13.8 Å². The average molecular weight is 500 g/mol. The molecule has 0 aliphatic carbocycles. The first kappa shape index (κ1) is 22.5. The Balaban J connectivity index is 0.00000338. The summed E-state index contributed by atoms with van der Waals surface area (Å²) in [5, 5.41) is 6.97. The lowest BCUT2D eigenvalue weighted by molar-refractivity contribution is -0.0506. The molecule has 0 saturated carbocycles. The molecule has 0 atom stereocenters. The standard InChI is InChI=1S/C16H19F3N4OS.HI/c1-3-20-16(23-9-14-21-7-10(2)25-14)22-8-11-12(17)5-4-6-13(11)24-15(18)19;/h4-7,15H,3,8-9H2,1-2H3,(H2,20,22,23);1H. The van der Waals surface area contributed by atoms with Crippen molar-refractivity contribution in [1.82, 2.24) is 15.6 Å². The molecule has 144 valence electrons. The first-order valence-electron chi connectivity index (χ1n) is 7.65. The summed E-state index contributed by atoms with van der Waals surface area (Å²) in [5.41, 5.74) is -0.0231. The SMILES string of the molecule is CCNC(=NCc1c(F)cccc1OC(F)F)NCc1ncc(C)s1.I. The minimum atomic E-state index is -3.02. The molecule has 0 aliphatic rings. The van der Waals surface area contributed by atoms with Gasteiger partial charge in [-0.15, -0.1) is 35.3 Å². The van der Waals surface area contributed by atoms with Gasteiger partial charge >= 0.3 is 6.61 Å². The Hall–Kier alpha value is -1.56. The molecular formula is C16H20F3IN4OS. The van der Waals surface area contributed by atoms with E-state index in [4.69, 9.17) is 0 Å². The molecule has 26 heavy (non-hydrogen) atoms. The maximum Gasteiger partial charge on any atom is 0.387 e. The van der Waals surface area contributed by atoms with Crippen LogP contribution in [0.3, 0.4) is 0 Å². The predicted molar refractivity (Wildman–Crippen MR) is 107 cm³/mol. The van der Waals surface area contributed by atoms with Gasteiger partial charge in [-0.25, -0.2) is 14.4 Å². The molecule has 2 rings (SSSR count). The Kier molecular flexibility index (Phi) is 9.70. The number of alkyl halides is 2. The van der Waals surface area contributed by atoms with Gasteiger partial charge in [0.25, 0.3) is 0 Å². The first-order chi connectivity index (χ1) is 12.0. The number of nitrogens with zero attached hydrogens (tertiary/aromatic N) is 2. The Morgan fingerprint density at radius 3 is 2.73 bits per heavy atom. The zero-order chi connectivity index (χ0) is 18.2. The number of aryl methyl sites for hydroxylation is 1. The third-order valence-corrected chi connectivity index (χ3v) is 4.02. The van der Waals surface area contributed by atoms with Crippen molar-refractivity contribution in [3.8, 4) is 5.75 Å². The van der Waals surface area contributed by atoms with Crippen molar-refractivity contribution in [3.05, 3.63) is 45.7 Å². The number of halogens is 4. The summed E-state index contributed by atoms with van der Waals surface area (Å²) in [4.78, 5) is 9.57. The zero-order valence-corrected chi connectivity index (χ0v) is 17.4. The van der Waals surface area contributed by atoms with E-state index in [1.54, 1.807) is 17.5 Å². The number of rotatable bonds is 7. The largest absolute Gasteiger partial charge is 0.434 e. The Morgan fingerprint density at radius 2 is 2.12 bits per heavy atom. The third-order valence-electron chi connectivity index (χ3n) is 3.11. The van der Waals surface area contributed by atoms with Gasteiger partial charge in [-0.3, -0.25) is 0 Å². The average Bonchev–Trinajstić information content (AvgIpc) is 2.97. The second-order valence-corrected chi connectivity index (χ2v) is 6.33. The highest BCUT2D eigenvalue weighted by atomic mass is 127. The topological polar surface area (TPSA) is 58.5 Å². The van der Waals surface area contributed by atoms with E-state index >= 15 is 0 Å². The second-order valence-electron chi connectivity index (χ2n) is 5.01. The maximum absolute atomic E-state index is 13.9. The van der Waals surface area contributed by atoms with Crippen LogP contribution in [0, 0.1) is 12.7 Å². The molecule has 0 amide bonds. The lowest BCUT2D eigenvalue weighted by Crippen LogP contribution is -2.36. The van der Waals surface area contributed by atoms with Crippen LogP contribution in [0.4, 0.5) is 13.2 Å². The summed E-state index contributed by atoms with van der Waals surface area (Å²) in [6.07, 6.45) is 1.78. The van der Waals surface area contributed by atoms with E-state index in [9.17, 15) is 13.2 Å². The highest BCUT2D eigenvalue weighted by Crippen LogP contribution is 2.24. The van der Waals surface area contributed by atoms with Gasteiger partial charge in [-0.2, -0.15) is 8.78 Å². The molecular weight excluding hydrogens is 480 g/mol. The molecule has 10 heteroatoms. The van der Waals surface area contributed by atoms with E-state index in [1.165, 1.54) is 18.2 Å². The van der Waals surface area contributed by atoms with Gasteiger partial charge in [-0.1, -0.05) is 6.07 Å². The lowest BCUT2D eigenvalue weighted by Gasteiger charge is -2.12.